The van der Waals surface area contributed by atoms with E-state index >= 15 is 0 Å². The first-order valence-electron chi connectivity index (χ1n) is 8.17. The van der Waals surface area contributed by atoms with Gasteiger partial charge in [0.2, 0.25) is 0 Å². The summed E-state index contributed by atoms with van der Waals surface area (Å²) >= 11 is 3.43. The van der Waals surface area contributed by atoms with E-state index in [-0.39, 0.29) is 5.91 Å². The molecular formula is C20H24BrNO2. The quantitative estimate of drug-likeness (QED) is 0.683. The van der Waals surface area contributed by atoms with Crippen LogP contribution in [0.2, 0.25) is 0 Å². The fourth-order valence-corrected chi connectivity index (χ4v) is 2.71. The predicted molar refractivity (Wildman–Crippen MR) is 103 cm³/mol. The van der Waals surface area contributed by atoms with Crippen molar-refractivity contribution >= 4 is 27.5 Å². The number of hydrogen-bond donors (Lipinski definition) is 1. The van der Waals surface area contributed by atoms with Crippen LogP contribution in [0.15, 0.2) is 40.9 Å². The van der Waals surface area contributed by atoms with Gasteiger partial charge in [0.1, 0.15) is 5.75 Å². The number of halogens is 1. The van der Waals surface area contributed by atoms with Crippen LogP contribution in [-0.2, 0) is 0 Å². The molecule has 0 radical (unpaired) electrons. The molecule has 0 aromatic heterocycles. The first-order valence-corrected chi connectivity index (χ1v) is 8.97. The van der Waals surface area contributed by atoms with Crippen molar-refractivity contribution in [2.45, 2.75) is 34.1 Å². The van der Waals surface area contributed by atoms with Gasteiger partial charge in [-0.3, -0.25) is 4.79 Å². The molecule has 0 aliphatic heterocycles. The molecule has 0 saturated carbocycles. The topological polar surface area (TPSA) is 38.3 Å². The van der Waals surface area contributed by atoms with Crippen LogP contribution in [-0.4, -0.2) is 12.5 Å². The highest BCUT2D eigenvalue weighted by molar-refractivity contribution is 9.10. The fourth-order valence-electron chi connectivity index (χ4n) is 2.35. The van der Waals surface area contributed by atoms with Gasteiger partial charge in [-0.2, -0.15) is 0 Å². The second-order valence-electron chi connectivity index (χ2n) is 6.44. The van der Waals surface area contributed by atoms with Crippen molar-refractivity contribution in [2.75, 3.05) is 11.9 Å². The molecule has 1 N–H and O–H groups in total. The van der Waals surface area contributed by atoms with Crippen LogP contribution in [0.1, 0.15) is 41.8 Å². The fraction of sp³-hybridized carbons (Fsp3) is 0.350. The molecule has 0 unspecified atom stereocenters. The summed E-state index contributed by atoms with van der Waals surface area (Å²) < 4.78 is 6.68. The first kappa shape index (κ1) is 18.5. The molecule has 0 fully saturated rings. The molecule has 0 bridgehead atoms. The van der Waals surface area contributed by atoms with Crippen LogP contribution >= 0.6 is 15.9 Å². The highest BCUT2D eigenvalue weighted by Crippen LogP contribution is 2.26. The number of carbonyl (C=O) groups excluding carboxylic acids is 1. The minimum absolute atomic E-state index is 0.164. The molecule has 24 heavy (non-hydrogen) atoms. The van der Waals surface area contributed by atoms with Crippen LogP contribution in [0.3, 0.4) is 0 Å². The molecule has 2 rings (SSSR count). The van der Waals surface area contributed by atoms with Crippen LogP contribution in [0.4, 0.5) is 5.69 Å². The Bertz CT molecular complexity index is 726. The van der Waals surface area contributed by atoms with Crippen molar-refractivity contribution in [1.29, 1.82) is 0 Å². The van der Waals surface area contributed by atoms with Crippen LogP contribution in [0, 0.1) is 19.8 Å². The average molecular weight is 390 g/mol. The molecule has 0 saturated heterocycles. The zero-order valence-electron chi connectivity index (χ0n) is 14.7. The van der Waals surface area contributed by atoms with Gasteiger partial charge in [0.25, 0.3) is 5.91 Å². The maximum absolute atomic E-state index is 12.7. The lowest BCUT2D eigenvalue weighted by molar-refractivity contribution is 0.102. The van der Waals surface area contributed by atoms with Crippen molar-refractivity contribution in [3.63, 3.8) is 0 Å². The van der Waals surface area contributed by atoms with E-state index in [1.165, 1.54) is 5.56 Å². The molecular weight excluding hydrogens is 366 g/mol. The molecule has 0 spiro atoms. The Morgan fingerprint density at radius 2 is 1.92 bits per heavy atom. The first-order chi connectivity index (χ1) is 11.4. The molecule has 2 aromatic carbocycles. The molecule has 128 valence electrons. The smallest absolute Gasteiger partial charge is 0.259 e. The Balaban J connectivity index is 2.19. The SMILES string of the molecule is Cc1ccc(NC(=O)c2cc(Br)ccc2OCCC(C)C)c(C)c1. The molecule has 0 heterocycles. The van der Waals surface area contributed by atoms with Crippen molar-refractivity contribution in [1.82, 2.24) is 0 Å². The minimum Gasteiger partial charge on any atom is -0.493 e. The molecule has 4 heteroatoms. The number of benzene rings is 2. The van der Waals surface area contributed by atoms with Crippen LogP contribution < -0.4 is 10.1 Å². The number of anilines is 1. The maximum atomic E-state index is 12.7. The van der Waals surface area contributed by atoms with Gasteiger partial charge in [-0.05, 0) is 56.0 Å². The van der Waals surface area contributed by atoms with E-state index in [0.29, 0.717) is 23.8 Å². The zero-order chi connectivity index (χ0) is 17.7. The minimum atomic E-state index is -0.164. The van der Waals surface area contributed by atoms with Crippen molar-refractivity contribution in [3.05, 3.63) is 57.6 Å². The van der Waals surface area contributed by atoms with E-state index in [4.69, 9.17) is 4.74 Å². The Kier molecular flexibility index (Phi) is 6.44. The highest BCUT2D eigenvalue weighted by atomic mass is 79.9. The van der Waals surface area contributed by atoms with Gasteiger partial charge in [-0.15, -0.1) is 0 Å². The standard InChI is InChI=1S/C20H24BrNO2/c1-13(2)9-10-24-19-8-6-16(21)12-17(19)20(23)22-18-7-5-14(3)11-15(18)4/h5-8,11-13H,9-10H2,1-4H3,(H,22,23). The second-order valence-corrected chi connectivity index (χ2v) is 7.36. The number of hydrogen-bond acceptors (Lipinski definition) is 2. The lowest BCUT2D eigenvalue weighted by Crippen LogP contribution is -2.15. The lowest BCUT2D eigenvalue weighted by atomic mass is 10.1. The summed E-state index contributed by atoms with van der Waals surface area (Å²) in [6.07, 6.45) is 0.953. The van der Waals surface area contributed by atoms with E-state index in [1.54, 1.807) is 6.07 Å². The van der Waals surface area contributed by atoms with Crippen LogP contribution in [0.25, 0.3) is 0 Å². The molecule has 2 aromatic rings. The predicted octanol–water partition coefficient (Wildman–Crippen LogP) is 5.74. The van der Waals surface area contributed by atoms with Gasteiger partial charge in [-0.1, -0.05) is 47.5 Å². The van der Waals surface area contributed by atoms with Crippen LogP contribution in [0.5, 0.6) is 5.75 Å². The Morgan fingerprint density at radius 1 is 1.17 bits per heavy atom. The number of carbonyl (C=O) groups is 1. The van der Waals surface area contributed by atoms with Crippen molar-refractivity contribution < 1.29 is 9.53 Å². The van der Waals surface area contributed by atoms with Crippen molar-refractivity contribution in [3.8, 4) is 5.75 Å². The van der Waals surface area contributed by atoms with Crippen molar-refractivity contribution in [2.24, 2.45) is 5.92 Å². The zero-order valence-corrected chi connectivity index (χ0v) is 16.2. The average Bonchev–Trinajstić information content (AvgIpc) is 2.51. The summed E-state index contributed by atoms with van der Waals surface area (Å²) in [5, 5.41) is 2.98. The summed E-state index contributed by atoms with van der Waals surface area (Å²) in [6.45, 7) is 8.93. The van der Waals surface area contributed by atoms with Gasteiger partial charge in [-0.25, -0.2) is 0 Å². The van der Waals surface area contributed by atoms with Gasteiger partial charge in [0, 0.05) is 10.2 Å². The number of aryl methyl sites for hydroxylation is 2. The third-order valence-electron chi connectivity index (χ3n) is 3.77. The van der Waals surface area contributed by atoms with Gasteiger partial charge >= 0.3 is 0 Å². The molecule has 0 atom stereocenters. The summed E-state index contributed by atoms with van der Waals surface area (Å²) in [5.74, 6) is 1.01. The number of nitrogens with one attached hydrogen (secondary N) is 1. The Morgan fingerprint density at radius 3 is 2.58 bits per heavy atom. The molecule has 0 aliphatic rings. The summed E-state index contributed by atoms with van der Waals surface area (Å²) in [7, 11) is 0. The van der Waals surface area contributed by atoms with Gasteiger partial charge in [0.15, 0.2) is 0 Å². The largest absolute Gasteiger partial charge is 0.493 e. The highest BCUT2D eigenvalue weighted by Gasteiger charge is 2.15. The molecule has 3 nitrogen and oxygen atoms in total. The third kappa shape index (κ3) is 5.10. The molecule has 0 aliphatic carbocycles. The number of ether oxygens (including phenoxy) is 1. The van der Waals surface area contributed by atoms with E-state index in [9.17, 15) is 4.79 Å². The third-order valence-corrected chi connectivity index (χ3v) is 4.26. The summed E-state index contributed by atoms with van der Waals surface area (Å²) in [4.78, 5) is 12.7. The van der Waals surface area contributed by atoms with Gasteiger partial charge in [0.05, 0.1) is 12.2 Å². The Hall–Kier alpha value is -1.81. The van der Waals surface area contributed by atoms with E-state index < -0.39 is 0 Å². The molecule has 1 amide bonds. The second kappa shape index (κ2) is 8.34. The normalized spacial score (nSPS) is 10.8. The summed E-state index contributed by atoms with van der Waals surface area (Å²) in [6, 6.07) is 11.5. The monoisotopic (exact) mass is 389 g/mol. The van der Waals surface area contributed by atoms with E-state index in [2.05, 4.69) is 41.2 Å². The Labute approximate surface area is 152 Å². The van der Waals surface area contributed by atoms with Gasteiger partial charge < -0.3 is 10.1 Å². The summed E-state index contributed by atoms with van der Waals surface area (Å²) in [5.41, 5.74) is 3.57. The van der Waals surface area contributed by atoms with E-state index in [1.807, 2.05) is 38.1 Å². The maximum Gasteiger partial charge on any atom is 0.259 e. The number of amides is 1. The lowest BCUT2D eigenvalue weighted by Gasteiger charge is -2.14. The number of rotatable bonds is 6. The van der Waals surface area contributed by atoms with E-state index in [0.717, 1.165) is 22.1 Å².